The fourth-order valence-corrected chi connectivity index (χ4v) is 7.36. The van der Waals surface area contributed by atoms with Gasteiger partial charge in [-0.25, -0.2) is 0 Å². The molecular weight excluding hydrogens is 696 g/mol. The molecule has 0 aliphatic rings. The van der Waals surface area contributed by atoms with Crippen LogP contribution in [0.5, 0.6) is 0 Å². The van der Waals surface area contributed by atoms with Crippen LogP contribution in [0.2, 0.25) is 0 Å². The molecule has 3 aromatic carbocycles. The third-order valence-corrected chi connectivity index (χ3v) is 10.5. The van der Waals surface area contributed by atoms with Gasteiger partial charge in [0.25, 0.3) is 0 Å². The van der Waals surface area contributed by atoms with E-state index >= 15 is 0 Å². The van der Waals surface area contributed by atoms with Gasteiger partial charge in [-0.05, 0) is 62.3 Å². The maximum atomic E-state index is 12.7. The van der Waals surface area contributed by atoms with E-state index in [2.05, 4.69) is 42.2 Å². The van der Waals surface area contributed by atoms with Gasteiger partial charge in [-0.3, -0.25) is 19.2 Å². The Labute approximate surface area is 317 Å². The number of rotatable bonds is 13. The Hall–Kier alpha value is -3.10. The Morgan fingerprint density at radius 1 is 0.843 bits per heavy atom. The second kappa shape index (κ2) is 26.6. The van der Waals surface area contributed by atoms with Crippen LogP contribution in [-0.2, 0) is 14.4 Å². The number of thioether (sulfide) groups is 1. The zero-order valence-electron chi connectivity index (χ0n) is 32.0. The predicted octanol–water partition coefficient (Wildman–Crippen LogP) is 7.41. The van der Waals surface area contributed by atoms with Gasteiger partial charge in [0.2, 0.25) is 5.91 Å². The maximum absolute atomic E-state index is 12.7. The van der Waals surface area contributed by atoms with Crippen LogP contribution in [0.25, 0.3) is 0 Å². The van der Waals surface area contributed by atoms with E-state index < -0.39 is 14.0 Å². The summed E-state index contributed by atoms with van der Waals surface area (Å²) >= 11 is 5.29. The normalized spacial score (nSPS) is 11.1. The van der Waals surface area contributed by atoms with E-state index in [1.807, 2.05) is 111 Å². The molecular formula is C41H59N2O5PS2. The van der Waals surface area contributed by atoms with Crippen molar-refractivity contribution in [2.75, 3.05) is 11.5 Å². The number of hydrogen-bond donors (Lipinski definition) is 3. The summed E-state index contributed by atoms with van der Waals surface area (Å²) in [6.07, 6.45) is 1.42. The molecule has 10 heteroatoms. The van der Waals surface area contributed by atoms with Gasteiger partial charge < -0.3 is 15.8 Å². The molecule has 3 rings (SSSR count). The Kier molecular flexibility index (Phi) is 25.0. The van der Waals surface area contributed by atoms with E-state index in [0.717, 1.165) is 17.3 Å². The van der Waals surface area contributed by atoms with Gasteiger partial charge in [-0.15, -0.1) is 0 Å². The number of amides is 1. The van der Waals surface area contributed by atoms with Crippen LogP contribution in [0.1, 0.15) is 96.4 Å². The molecule has 280 valence electrons. The van der Waals surface area contributed by atoms with Crippen molar-refractivity contribution in [2.45, 2.75) is 87.7 Å². The lowest BCUT2D eigenvalue weighted by Crippen LogP contribution is -2.44. The summed E-state index contributed by atoms with van der Waals surface area (Å²) in [5.41, 5.74) is 6.76. The average molecular weight is 755 g/mol. The number of aldehydes is 1. The molecule has 0 aliphatic carbocycles. The summed E-state index contributed by atoms with van der Waals surface area (Å²) in [6, 6.07) is 25.7. The van der Waals surface area contributed by atoms with Gasteiger partial charge in [0.15, 0.2) is 16.7 Å². The third kappa shape index (κ3) is 19.9. The average Bonchev–Trinajstić information content (AvgIpc) is 3.09. The highest BCUT2D eigenvalue weighted by Gasteiger charge is 2.23. The molecule has 0 saturated carbocycles. The number of hydrogen-bond acceptors (Lipinski definition) is 8. The van der Waals surface area contributed by atoms with Crippen molar-refractivity contribution in [1.29, 1.82) is 0 Å². The van der Waals surface area contributed by atoms with Crippen LogP contribution in [0.15, 0.2) is 78.9 Å². The molecule has 0 aliphatic heterocycles. The number of nitrogens with two attached hydrogens (primary N) is 1. The van der Waals surface area contributed by atoms with Gasteiger partial charge in [-0.2, -0.15) is 12.6 Å². The van der Waals surface area contributed by atoms with Crippen LogP contribution in [-0.4, -0.2) is 52.5 Å². The minimum Gasteiger partial charge on any atom is -0.353 e. The smallest absolute Gasteiger partial charge is 0.237 e. The van der Waals surface area contributed by atoms with E-state index in [1.54, 1.807) is 13.0 Å². The zero-order valence-corrected chi connectivity index (χ0v) is 34.6. The van der Waals surface area contributed by atoms with Crippen LogP contribution < -0.4 is 27.0 Å². The van der Waals surface area contributed by atoms with Gasteiger partial charge in [0.05, 0.1) is 6.04 Å². The van der Waals surface area contributed by atoms with E-state index in [4.69, 9.17) is 5.73 Å². The largest absolute Gasteiger partial charge is 0.353 e. The van der Waals surface area contributed by atoms with Crippen molar-refractivity contribution in [1.82, 2.24) is 5.32 Å². The molecule has 7 nitrogen and oxygen atoms in total. The highest BCUT2D eigenvalue weighted by Crippen LogP contribution is 2.35. The first kappa shape index (κ1) is 47.9. The van der Waals surface area contributed by atoms with Crippen LogP contribution in [0, 0.1) is 17.8 Å². The minimum absolute atomic E-state index is 0.0252. The highest BCUT2D eigenvalue weighted by atomic mass is 32.2. The summed E-state index contributed by atoms with van der Waals surface area (Å²) < 4.78 is 0. The summed E-state index contributed by atoms with van der Waals surface area (Å²) in [5.74, 6) is 2.00. The second-order valence-corrected chi connectivity index (χ2v) is 16.9. The van der Waals surface area contributed by atoms with Crippen molar-refractivity contribution in [3.05, 3.63) is 90.0 Å². The number of carbonyl (C=O) groups is 5. The van der Waals surface area contributed by atoms with Crippen molar-refractivity contribution in [3.63, 3.8) is 0 Å². The van der Waals surface area contributed by atoms with Crippen LogP contribution in [0.3, 0.4) is 0 Å². The molecule has 0 fully saturated rings. The van der Waals surface area contributed by atoms with Crippen molar-refractivity contribution in [3.8, 4) is 0 Å². The third-order valence-electron chi connectivity index (χ3n) is 6.56. The van der Waals surface area contributed by atoms with Crippen molar-refractivity contribution >= 4 is 77.1 Å². The van der Waals surface area contributed by atoms with Gasteiger partial charge in [0, 0.05) is 41.2 Å². The summed E-state index contributed by atoms with van der Waals surface area (Å²) in [7, 11) is -0.934. The standard InChI is InChI=1S/C25H25O2P.C6H14N2OS.C6H12OS.C4H8O/c1-18(2)16-24(27)20-14-15-23(19(3)26)25(17-20)28(21-10-6-4-7-11-21)22-12-8-5-9-13-22;1-4(2)8-6(9)5(7)3-10;1-4-8-6(7)5(2)3;1-4(2)3-5/h4-15,17-18H,16H2,1-3H3;4-5,10H,3,7H2,1-2H3,(H,8,9);5H,4H2,1-3H3;3-4H,1-2H3. The van der Waals surface area contributed by atoms with Gasteiger partial charge >= 0.3 is 0 Å². The molecule has 0 spiro atoms. The van der Waals surface area contributed by atoms with Crippen LogP contribution >= 0.6 is 32.3 Å². The molecule has 1 unspecified atom stereocenters. The molecule has 0 radical (unpaired) electrons. The highest BCUT2D eigenvalue weighted by molar-refractivity contribution is 8.13. The van der Waals surface area contributed by atoms with E-state index in [9.17, 15) is 24.0 Å². The number of ketones is 2. The van der Waals surface area contributed by atoms with E-state index in [1.165, 1.54) is 22.4 Å². The van der Waals surface area contributed by atoms with Crippen molar-refractivity contribution < 1.29 is 24.0 Å². The van der Waals surface area contributed by atoms with Crippen molar-refractivity contribution in [2.24, 2.45) is 23.5 Å². The topological polar surface area (TPSA) is 123 Å². The lowest BCUT2D eigenvalue weighted by Gasteiger charge is -2.22. The lowest BCUT2D eigenvalue weighted by atomic mass is 9.99. The van der Waals surface area contributed by atoms with Gasteiger partial charge in [0.1, 0.15) is 6.29 Å². The summed E-state index contributed by atoms with van der Waals surface area (Å²) in [6.45, 7) is 19.0. The second-order valence-electron chi connectivity index (χ2n) is 13.1. The SMILES string of the molecule is CC(=O)c1ccc(C(=O)CC(C)C)cc1P(c1ccccc1)c1ccccc1.CC(C)C=O.CC(C)NC(=O)C(N)CS.CCSC(=O)C(C)C. The fourth-order valence-electron chi connectivity index (χ4n) is 4.04. The number of carbonyl (C=O) groups excluding carboxylic acids is 5. The number of Topliss-reactive ketones (excluding diaryl/α,β-unsaturated/α-hetero) is 2. The summed E-state index contributed by atoms with van der Waals surface area (Å²) in [5, 5.41) is 6.27. The predicted molar refractivity (Wildman–Crippen MR) is 223 cm³/mol. The Morgan fingerprint density at radius 3 is 1.67 bits per heavy atom. The maximum Gasteiger partial charge on any atom is 0.237 e. The Morgan fingerprint density at radius 2 is 1.33 bits per heavy atom. The first-order valence-corrected chi connectivity index (χ1v) is 20.3. The fraction of sp³-hybridized carbons (Fsp3) is 0.439. The van der Waals surface area contributed by atoms with E-state index in [-0.39, 0.29) is 35.4 Å². The molecule has 0 heterocycles. The first-order chi connectivity index (χ1) is 24.0. The molecule has 1 atom stereocenters. The molecule has 0 bridgehead atoms. The quantitative estimate of drug-likeness (QED) is 0.0719. The monoisotopic (exact) mass is 754 g/mol. The molecule has 3 N–H and O–H groups in total. The molecule has 0 aromatic heterocycles. The zero-order chi connectivity index (χ0) is 39.1. The molecule has 51 heavy (non-hydrogen) atoms. The minimum atomic E-state index is -0.934. The Balaban J connectivity index is 0.000000887. The molecule has 0 saturated heterocycles. The summed E-state index contributed by atoms with van der Waals surface area (Å²) in [4.78, 5) is 56.2. The molecule has 3 aromatic rings. The lowest BCUT2D eigenvalue weighted by molar-refractivity contribution is -0.122. The number of thiol groups is 1. The first-order valence-electron chi connectivity index (χ1n) is 17.4. The number of nitrogens with one attached hydrogen (secondary N) is 1. The molecule has 1 amide bonds. The van der Waals surface area contributed by atoms with E-state index in [0.29, 0.717) is 34.3 Å². The van der Waals surface area contributed by atoms with Gasteiger partial charge in [-0.1, -0.05) is 133 Å². The number of benzene rings is 3. The van der Waals surface area contributed by atoms with Crippen LogP contribution in [0.4, 0.5) is 0 Å². The Bertz CT molecular complexity index is 1440.